The van der Waals surface area contributed by atoms with Gasteiger partial charge in [0.1, 0.15) is 5.75 Å². The van der Waals surface area contributed by atoms with Crippen LogP contribution in [-0.4, -0.2) is 5.11 Å². The lowest BCUT2D eigenvalue weighted by molar-refractivity contribution is 0.467. The minimum Gasteiger partial charge on any atom is -0.506 e. The third kappa shape index (κ3) is 1.45. The molecule has 0 saturated heterocycles. The van der Waals surface area contributed by atoms with Crippen molar-refractivity contribution in [2.75, 3.05) is 0 Å². The molecule has 1 aromatic rings. The van der Waals surface area contributed by atoms with Crippen molar-refractivity contribution >= 4 is 38.5 Å². The Labute approximate surface area is 81.7 Å². The maximum Gasteiger partial charge on any atom is 0.133 e. The van der Waals surface area contributed by atoms with Crippen molar-refractivity contribution in [1.29, 1.82) is 0 Å². The van der Waals surface area contributed by atoms with Crippen LogP contribution in [0.2, 0.25) is 0 Å². The molecule has 0 fully saturated rings. The number of rotatable bonds is 0. The third-order valence-electron chi connectivity index (χ3n) is 1.27. The molecule has 0 radical (unpaired) electrons. The van der Waals surface area contributed by atoms with E-state index in [9.17, 15) is 5.11 Å². The van der Waals surface area contributed by atoms with E-state index in [1.54, 1.807) is 0 Å². The van der Waals surface area contributed by atoms with Gasteiger partial charge < -0.3 is 5.11 Å². The zero-order valence-electron chi connectivity index (χ0n) is 5.36. The van der Waals surface area contributed by atoms with E-state index in [0.29, 0.717) is 5.75 Å². The first-order valence-electron chi connectivity index (χ1n) is 2.76. The summed E-state index contributed by atoms with van der Waals surface area (Å²) in [5, 5.41) is 9.34. The Hall–Kier alpha value is 0.230. The van der Waals surface area contributed by atoms with Gasteiger partial charge in [-0.2, -0.15) is 0 Å². The van der Waals surface area contributed by atoms with Crippen molar-refractivity contribution in [3.05, 3.63) is 25.7 Å². The highest BCUT2D eigenvalue weighted by molar-refractivity contribution is 14.1. The molecule has 0 amide bonds. The predicted octanol–water partition coefficient (Wildman–Crippen LogP) is 3.07. The zero-order chi connectivity index (χ0) is 7.72. The van der Waals surface area contributed by atoms with Crippen LogP contribution in [0.5, 0.6) is 5.75 Å². The summed E-state index contributed by atoms with van der Waals surface area (Å²) in [7, 11) is 0. The van der Waals surface area contributed by atoms with E-state index >= 15 is 0 Å². The lowest BCUT2D eigenvalue weighted by atomic mass is 10.2. The van der Waals surface area contributed by atoms with Crippen molar-refractivity contribution in [2.45, 2.75) is 6.92 Å². The summed E-state index contributed by atoms with van der Waals surface area (Å²) in [6, 6.07) is 3.85. The summed E-state index contributed by atoms with van der Waals surface area (Å²) in [4.78, 5) is 0. The highest BCUT2D eigenvalue weighted by Crippen LogP contribution is 2.31. The topological polar surface area (TPSA) is 20.2 Å². The lowest BCUT2D eigenvalue weighted by Crippen LogP contribution is -1.79. The monoisotopic (exact) mass is 312 g/mol. The first-order valence-corrected chi connectivity index (χ1v) is 4.63. The van der Waals surface area contributed by atoms with E-state index in [4.69, 9.17) is 0 Å². The van der Waals surface area contributed by atoms with Crippen LogP contribution in [-0.2, 0) is 0 Å². The normalized spacial score (nSPS) is 9.90. The van der Waals surface area contributed by atoms with Gasteiger partial charge in [0.2, 0.25) is 0 Å². The van der Waals surface area contributed by atoms with Gasteiger partial charge in [0.05, 0.1) is 4.47 Å². The molecule has 0 atom stereocenters. The molecule has 3 heteroatoms. The average Bonchev–Trinajstić information content (AvgIpc) is 1.93. The van der Waals surface area contributed by atoms with Crippen LogP contribution in [0.15, 0.2) is 16.6 Å². The van der Waals surface area contributed by atoms with Gasteiger partial charge in [-0.05, 0) is 57.1 Å². The van der Waals surface area contributed by atoms with E-state index in [1.165, 1.54) is 0 Å². The Morgan fingerprint density at radius 3 is 2.60 bits per heavy atom. The summed E-state index contributed by atoms with van der Waals surface area (Å²) in [6.45, 7) is 1.87. The molecule has 0 unspecified atom stereocenters. The maximum absolute atomic E-state index is 9.34. The van der Waals surface area contributed by atoms with Crippen molar-refractivity contribution in [3.63, 3.8) is 0 Å². The van der Waals surface area contributed by atoms with E-state index in [1.807, 2.05) is 19.1 Å². The standard InChI is InChI=1S/C7H6BrIO/c1-4-2-3-5(9)6(8)7(4)10/h2-3,10H,1H3. The minimum atomic E-state index is 0.340. The van der Waals surface area contributed by atoms with Gasteiger partial charge in [0.15, 0.2) is 0 Å². The molecule has 0 spiro atoms. The van der Waals surface area contributed by atoms with Crippen LogP contribution < -0.4 is 0 Å². The lowest BCUT2D eigenvalue weighted by Gasteiger charge is -2.01. The number of hydrogen-bond donors (Lipinski definition) is 1. The smallest absolute Gasteiger partial charge is 0.133 e. The van der Waals surface area contributed by atoms with Crippen molar-refractivity contribution < 1.29 is 5.11 Å². The van der Waals surface area contributed by atoms with Crippen molar-refractivity contribution in [3.8, 4) is 5.75 Å². The summed E-state index contributed by atoms with van der Waals surface area (Å²) in [6.07, 6.45) is 0. The van der Waals surface area contributed by atoms with Crippen molar-refractivity contribution in [2.24, 2.45) is 0 Å². The molecule has 1 rings (SSSR count). The highest BCUT2D eigenvalue weighted by Gasteiger charge is 2.03. The Morgan fingerprint density at radius 1 is 1.50 bits per heavy atom. The predicted molar refractivity (Wildman–Crippen MR) is 53.3 cm³/mol. The van der Waals surface area contributed by atoms with Crippen LogP contribution in [0, 0.1) is 10.5 Å². The quantitative estimate of drug-likeness (QED) is 0.730. The van der Waals surface area contributed by atoms with Crippen LogP contribution in [0.3, 0.4) is 0 Å². The second kappa shape index (κ2) is 3.09. The van der Waals surface area contributed by atoms with E-state index in [0.717, 1.165) is 13.6 Å². The molecule has 1 N–H and O–H groups in total. The summed E-state index contributed by atoms with van der Waals surface area (Å²) < 4.78 is 1.81. The zero-order valence-corrected chi connectivity index (χ0v) is 9.10. The van der Waals surface area contributed by atoms with E-state index < -0.39 is 0 Å². The number of phenolic OH excluding ortho intramolecular Hbond substituents is 1. The molecular weight excluding hydrogens is 307 g/mol. The molecule has 1 aromatic carbocycles. The first-order chi connectivity index (χ1) is 4.63. The maximum atomic E-state index is 9.34. The fourth-order valence-corrected chi connectivity index (χ4v) is 1.52. The first kappa shape index (κ1) is 8.33. The van der Waals surface area contributed by atoms with Gasteiger partial charge >= 0.3 is 0 Å². The second-order valence-electron chi connectivity index (χ2n) is 2.03. The Morgan fingerprint density at radius 2 is 2.10 bits per heavy atom. The number of hydrogen-bond acceptors (Lipinski definition) is 1. The molecule has 10 heavy (non-hydrogen) atoms. The van der Waals surface area contributed by atoms with Gasteiger partial charge in [0.25, 0.3) is 0 Å². The Bertz CT molecular complexity index is 233. The van der Waals surface area contributed by atoms with Crippen LogP contribution >= 0.6 is 38.5 Å². The van der Waals surface area contributed by atoms with Crippen LogP contribution in [0.1, 0.15) is 5.56 Å². The van der Waals surface area contributed by atoms with Gasteiger partial charge in [0, 0.05) is 3.57 Å². The number of benzene rings is 1. The largest absolute Gasteiger partial charge is 0.506 e. The van der Waals surface area contributed by atoms with Gasteiger partial charge in [-0.1, -0.05) is 6.07 Å². The number of aromatic hydroxyl groups is 1. The van der Waals surface area contributed by atoms with Crippen LogP contribution in [0.4, 0.5) is 0 Å². The summed E-state index contributed by atoms with van der Waals surface area (Å²) >= 11 is 5.43. The molecule has 0 aromatic heterocycles. The van der Waals surface area contributed by atoms with Crippen LogP contribution in [0.25, 0.3) is 0 Å². The highest BCUT2D eigenvalue weighted by atomic mass is 127. The minimum absolute atomic E-state index is 0.340. The van der Waals surface area contributed by atoms with E-state index in [-0.39, 0.29) is 0 Å². The molecule has 0 heterocycles. The Kier molecular flexibility index (Phi) is 2.57. The third-order valence-corrected chi connectivity index (χ3v) is 3.71. The van der Waals surface area contributed by atoms with Crippen molar-refractivity contribution in [1.82, 2.24) is 0 Å². The summed E-state index contributed by atoms with van der Waals surface area (Å²) in [5.74, 6) is 0.340. The summed E-state index contributed by atoms with van der Waals surface area (Å²) in [5.41, 5.74) is 0.896. The van der Waals surface area contributed by atoms with E-state index in [2.05, 4.69) is 38.5 Å². The fraction of sp³-hybridized carbons (Fsp3) is 0.143. The van der Waals surface area contributed by atoms with Gasteiger partial charge in [-0.15, -0.1) is 0 Å². The Balaban J connectivity index is 3.34. The number of halogens is 2. The SMILES string of the molecule is Cc1ccc(I)c(Br)c1O. The van der Waals surface area contributed by atoms with Gasteiger partial charge in [-0.25, -0.2) is 0 Å². The molecule has 1 nitrogen and oxygen atoms in total. The molecule has 0 aliphatic rings. The second-order valence-corrected chi connectivity index (χ2v) is 3.98. The molecule has 0 aliphatic heterocycles. The van der Waals surface area contributed by atoms with Gasteiger partial charge in [-0.3, -0.25) is 0 Å². The molecule has 0 saturated carbocycles. The number of aryl methyl sites for hydroxylation is 1. The number of phenols is 1. The molecular formula is C7H6BrIO. The average molecular weight is 313 g/mol. The molecule has 0 aliphatic carbocycles. The fourth-order valence-electron chi connectivity index (χ4n) is 0.636. The molecule has 54 valence electrons. The molecule has 0 bridgehead atoms.